The molecule has 6 heteroatoms. The van der Waals surface area contributed by atoms with Gasteiger partial charge in [-0.3, -0.25) is 9.69 Å². The van der Waals surface area contributed by atoms with Crippen molar-refractivity contribution in [3.05, 3.63) is 40.6 Å². The molecule has 0 saturated carbocycles. The number of carbonyl (C=O) groups is 1. The molecule has 1 N–H and O–H groups in total. The van der Waals surface area contributed by atoms with Crippen LogP contribution in [0.1, 0.15) is 17.6 Å². The van der Waals surface area contributed by atoms with Crippen molar-refractivity contribution < 1.29 is 4.79 Å². The molecule has 0 bridgehead atoms. The maximum absolute atomic E-state index is 12.2. The van der Waals surface area contributed by atoms with Crippen LogP contribution in [-0.4, -0.2) is 32.9 Å². The predicted octanol–water partition coefficient (Wildman–Crippen LogP) is 1.47. The summed E-state index contributed by atoms with van der Waals surface area (Å²) in [5, 5.41) is 5.03. The molecule has 3 rings (SSSR count). The Labute approximate surface area is 122 Å². The number of amides is 1. The molecule has 1 unspecified atom stereocenters. The standard InChI is InChI=1S/C14H18N4OS/c1-11(14(19)16-9-12-3-2-8-20-12)18-7-6-17-5-4-15-13(17)10-18/h2-5,8,11H,6-7,9-10H2,1H3,(H,16,19). The Bertz CT molecular complexity index is 578. The van der Waals surface area contributed by atoms with E-state index in [1.54, 1.807) is 11.3 Å². The van der Waals surface area contributed by atoms with E-state index in [0.29, 0.717) is 6.54 Å². The first-order valence-corrected chi connectivity index (χ1v) is 7.66. The smallest absolute Gasteiger partial charge is 0.237 e. The van der Waals surface area contributed by atoms with Gasteiger partial charge in [-0.15, -0.1) is 11.3 Å². The van der Waals surface area contributed by atoms with E-state index >= 15 is 0 Å². The van der Waals surface area contributed by atoms with Crippen molar-refractivity contribution in [2.24, 2.45) is 0 Å². The molecular weight excluding hydrogens is 272 g/mol. The van der Waals surface area contributed by atoms with Crippen LogP contribution in [0.3, 0.4) is 0 Å². The van der Waals surface area contributed by atoms with E-state index in [2.05, 4.69) is 19.8 Å². The van der Waals surface area contributed by atoms with Crippen molar-refractivity contribution >= 4 is 17.2 Å². The van der Waals surface area contributed by atoms with Gasteiger partial charge in [-0.05, 0) is 18.4 Å². The maximum Gasteiger partial charge on any atom is 0.237 e. The summed E-state index contributed by atoms with van der Waals surface area (Å²) in [6, 6.07) is 3.91. The molecule has 0 aromatic carbocycles. The lowest BCUT2D eigenvalue weighted by Gasteiger charge is -2.31. The Hall–Kier alpha value is -1.66. The quantitative estimate of drug-likeness (QED) is 0.927. The van der Waals surface area contributed by atoms with Gasteiger partial charge < -0.3 is 9.88 Å². The van der Waals surface area contributed by atoms with E-state index < -0.39 is 0 Å². The number of hydrogen-bond acceptors (Lipinski definition) is 4. The monoisotopic (exact) mass is 290 g/mol. The summed E-state index contributed by atoms with van der Waals surface area (Å²) >= 11 is 1.66. The van der Waals surface area contributed by atoms with E-state index in [9.17, 15) is 4.79 Å². The first-order valence-electron chi connectivity index (χ1n) is 6.78. The number of nitrogens with zero attached hydrogens (tertiary/aromatic N) is 3. The van der Waals surface area contributed by atoms with Gasteiger partial charge in [-0.1, -0.05) is 6.07 Å². The van der Waals surface area contributed by atoms with Crippen LogP contribution in [0.5, 0.6) is 0 Å². The first kappa shape index (κ1) is 13.3. The predicted molar refractivity (Wildman–Crippen MR) is 78.3 cm³/mol. The van der Waals surface area contributed by atoms with E-state index in [4.69, 9.17) is 0 Å². The number of fused-ring (bicyclic) bond motifs is 1. The van der Waals surface area contributed by atoms with E-state index in [1.807, 2.05) is 36.8 Å². The average Bonchev–Trinajstić information content (AvgIpc) is 3.13. The van der Waals surface area contributed by atoms with Crippen molar-refractivity contribution in [3.8, 4) is 0 Å². The molecule has 1 atom stereocenters. The lowest BCUT2D eigenvalue weighted by molar-refractivity contribution is -0.126. The highest BCUT2D eigenvalue weighted by Crippen LogP contribution is 2.14. The summed E-state index contributed by atoms with van der Waals surface area (Å²) in [5.41, 5.74) is 0. The molecule has 0 aliphatic carbocycles. The van der Waals surface area contributed by atoms with Crippen LogP contribution in [0.25, 0.3) is 0 Å². The Kier molecular flexibility index (Phi) is 3.84. The second-order valence-electron chi connectivity index (χ2n) is 4.98. The van der Waals surface area contributed by atoms with E-state index in [0.717, 1.165) is 25.5 Å². The van der Waals surface area contributed by atoms with E-state index in [1.165, 1.54) is 4.88 Å². The normalized spacial score (nSPS) is 16.6. The minimum atomic E-state index is -0.125. The second kappa shape index (κ2) is 5.76. The zero-order valence-corrected chi connectivity index (χ0v) is 12.3. The van der Waals surface area contributed by atoms with Gasteiger partial charge in [0.25, 0.3) is 0 Å². The Morgan fingerprint density at radius 3 is 3.25 bits per heavy atom. The van der Waals surface area contributed by atoms with Crippen LogP contribution in [-0.2, 0) is 24.4 Å². The molecule has 0 saturated heterocycles. The van der Waals surface area contributed by atoms with Crippen LogP contribution < -0.4 is 5.32 Å². The number of nitrogens with one attached hydrogen (secondary N) is 1. The summed E-state index contributed by atoms with van der Waals surface area (Å²) in [6.07, 6.45) is 3.81. The number of imidazole rings is 1. The Balaban J connectivity index is 1.56. The van der Waals surface area contributed by atoms with Gasteiger partial charge >= 0.3 is 0 Å². The molecule has 5 nitrogen and oxygen atoms in total. The summed E-state index contributed by atoms with van der Waals surface area (Å²) in [4.78, 5) is 19.9. The Morgan fingerprint density at radius 1 is 1.55 bits per heavy atom. The molecule has 0 fully saturated rings. The van der Waals surface area contributed by atoms with E-state index in [-0.39, 0.29) is 11.9 Å². The van der Waals surface area contributed by atoms with Crippen molar-refractivity contribution in [3.63, 3.8) is 0 Å². The molecule has 1 aliphatic rings. The van der Waals surface area contributed by atoms with Gasteiger partial charge in [0.1, 0.15) is 5.82 Å². The van der Waals surface area contributed by atoms with Crippen LogP contribution in [0.15, 0.2) is 29.9 Å². The van der Waals surface area contributed by atoms with Crippen LogP contribution in [0.2, 0.25) is 0 Å². The van der Waals surface area contributed by atoms with Crippen molar-refractivity contribution in [2.45, 2.75) is 32.6 Å². The third-order valence-corrected chi connectivity index (χ3v) is 4.59. The molecule has 2 aromatic heterocycles. The highest BCUT2D eigenvalue weighted by Gasteiger charge is 2.25. The molecular formula is C14H18N4OS. The highest BCUT2D eigenvalue weighted by molar-refractivity contribution is 7.09. The maximum atomic E-state index is 12.2. The fourth-order valence-electron chi connectivity index (χ4n) is 2.42. The molecule has 0 spiro atoms. The van der Waals surface area contributed by atoms with Gasteiger partial charge in [-0.25, -0.2) is 4.98 Å². The van der Waals surface area contributed by atoms with Crippen LogP contribution in [0.4, 0.5) is 0 Å². The summed E-state index contributed by atoms with van der Waals surface area (Å²) < 4.78 is 2.15. The highest BCUT2D eigenvalue weighted by atomic mass is 32.1. The summed E-state index contributed by atoms with van der Waals surface area (Å²) in [5.74, 6) is 1.12. The molecule has 2 aromatic rings. The Morgan fingerprint density at radius 2 is 2.45 bits per heavy atom. The van der Waals surface area contributed by atoms with Crippen LogP contribution in [0, 0.1) is 0 Å². The molecule has 20 heavy (non-hydrogen) atoms. The number of carbonyl (C=O) groups excluding carboxylic acids is 1. The molecule has 106 valence electrons. The largest absolute Gasteiger partial charge is 0.350 e. The second-order valence-corrected chi connectivity index (χ2v) is 6.01. The van der Waals surface area contributed by atoms with Gasteiger partial charge in [-0.2, -0.15) is 0 Å². The minimum absolute atomic E-state index is 0.0819. The van der Waals surface area contributed by atoms with Crippen molar-refractivity contribution in [1.29, 1.82) is 0 Å². The number of aromatic nitrogens is 2. The first-order chi connectivity index (χ1) is 9.74. The van der Waals surface area contributed by atoms with Gasteiger partial charge in [0, 0.05) is 30.4 Å². The lowest BCUT2D eigenvalue weighted by Crippen LogP contribution is -2.47. The SMILES string of the molecule is CC(C(=O)NCc1cccs1)N1CCn2ccnc2C1. The van der Waals surface area contributed by atoms with Gasteiger partial charge in [0.15, 0.2) is 0 Å². The number of hydrogen-bond donors (Lipinski definition) is 1. The minimum Gasteiger partial charge on any atom is -0.350 e. The topological polar surface area (TPSA) is 50.2 Å². The van der Waals surface area contributed by atoms with Crippen LogP contribution >= 0.6 is 11.3 Å². The molecule has 1 amide bonds. The summed E-state index contributed by atoms with van der Waals surface area (Å²) in [7, 11) is 0. The van der Waals surface area contributed by atoms with Crippen molar-refractivity contribution in [1.82, 2.24) is 19.8 Å². The average molecular weight is 290 g/mol. The fourth-order valence-corrected chi connectivity index (χ4v) is 3.07. The molecule has 0 radical (unpaired) electrons. The van der Waals surface area contributed by atoms with Gasteiger partial charge in [0.05, 0.1) is 19.1 Å². The third kappa shape index (κ3) is 2.76. The van der Waals surface area contributed by atoms with Gasteiger partial charge in [0.2, 0.25) is 5.91 Å². The summed E-state index contributed by atoms with van der Waals surface area (Å²) in [6.45, 7) is 5.10. The fraction of sp³-hybridized carbons (Fsp3) is 0.429. The number of thiophene rings is 1. The molecule has 3 heterocycles. The van der Waals surface area contributed by atoms with Crippen molar-refractivity contribution in [2.75, 3.05) is 6.54 Å². The zero-order chi connectivity index (χ0) is 13.9. The third-order valence-electron chi connectivity index (χ3n) is 3.72. The number of rotatable bonds is 4. The zero-order valence-electron chi connectivity index (χ0n) is 11.5. The lowest BCUT2D eigenvalue weighted by atomic mass is 10.2. The molecule has 1 aliphatic heterocycles.